The van der Waals surface area contributed by atoms with E-state index in [9.17, 15) is 9.59 Å². The summed E-state index contributed by atoms with van der Waals surface area (Å²) in [5.41, 5.74) is 1.86. The van der Waals surface area contributed by atoms with Gasteiger partial charge >= 0.3 is 11.9 Å². The maximum atomic E-state index is 10.9. The summed E-state index contributed by atoms with van der Waals surface area (Å²) in [4.78, 5) is 27.0. The van der Waals surface area contributed by atoms with Crippen molar-refractivity contribution in [3.8, 4) is 0 Å². The lowest BCUT2D eigenvalue weighted by molar-refractivity contribution is -0.154. The second kappa shape index (κ2) is 6.85. The van der Waals surface area contributed by atoms with Gasteiger partial charge in [0, 0.05) is 25.1 Å². The summed E-state index contributed by atoms with van der Waals surface area (Å²) in [7, 11) is 0. The molecule has 0 unspecified atom stereocenters. The van der Waals surface area contributed by atoms with Crippen LogP contribution in [0.4, 0.5) is 0 Å². The van der Waals surface area contributed by atoms with Gasteiger partial charge in [0.05, 0.1) is 0 Å². The largest absolute Gasteiger partial charge is 0.479 e. The van der Waals surface area contributed by atoms with Gasteiger partial charge in [-0.2, -0.15) is 0 Å². The number of halogens is 1. The Morgan fingerprint density at radius 3 is 2.25 bits per heavy atom. The van der Waals surface area contributed by atoms with Crippen LogP contribution in [0.3, 0.4) is 0 Å². The monoisotopic (exact) mass is 340 g/mol. The van der Waals surface area contributed by atoms with Crippen molar-refractivity contribution in [2.24, 2.45) is 0 Å². The van der Waals surface area contributed by atoms with Crippen molar-refractivity contribution >= 4 is 34.5 Å². The molecule has 0 amide bonds. The second-order valence-corrected chi connectivity index (χ2v) is 3.99. The number of rotatable bonds is 4. The minimum Gasteiger partial charge on any atom is -0.479 e. The fourth-order valence-electron chi connectivity index (χ4n) is 1.85. The number of aromatic nitrogens is 1. The Kier molecular flexibility index (Phi) is 5.45. The first-order chi connectivity index (χ1) is 9.09. The van der Waals surface area contributed by atoms with Crippen molar-refractivity contribution < 1.29 is 19.8 Å². The summed E-state index contributed by atoms with van der Waals surface area (Å²) in [6.45, 7) is 0.234. The van der Waals surface area contributed by atoms with Gasteiger partial charge in [-0.05, 0) is 29.3 Å². The molecule has 0 radical (unpaired) electrons. The molecule has 0 saturated heterocycles. The van der Waals surface area contributed by atoms with Crippen molar-refractivity contribution in [2.75, 3.05) is 6.54 Å². The first-order valence-electron chi connectivity index (χ1n) is 5.59. The van der Waals surface area contributed by atoms with Crippen molar-refractivity contribution in [1.29, 1.82) is 0 Å². The molecule has 1 aliphatic rings. The summed E-state index contributed by atoms with van der Waals surface area (Å²) in [5, 5.41) is 17.8. The second-order valence-electron chi connectivity index (χ2n) is 3.99. The molecular weight excluding hydrogens is 328 g/mol. The molecule has 1 aromatic rings. The normalized spacial score (nSPS) is 13.7. The van der Waals surface area contributed by atoms with Crippen LogP contribution in [0, 0.1) is 0 Å². The molecule has 7 heteroatoms. The summed E-state index contributed by atoms with van der Waals surface area (Å²) in [5.74, 6) is -2.75. The van der Waals surface area contributed by atoms with E-state index in [4.69, 9.17) is 10.2 Å². The maximum absolute atomic E-state index is 10.9. The molecule has 6 nitrogen and oxygen atoms in total. The standard InChI is InChI=1S/C13H12N2O4.BrH/c16-12(17)11(13(18)19)15-7-3-10(4-8-15)9-1-5-14-6-2-9;/h1-7,11H,8H2,(H,16,17)(H,18,19);1H. The van der Waals surface area contributed by atoms with Crippen LogP contribution in [0.5, 0.6) is 0 Å². The highest BCUT2D eigenvalue weighted by Crippen LogP contribution is 2.20. The Balaban J connectivity index is 0.00000200. The lowest BCUT2D eigenvalue weighted by atomic mass is 10.0. The quantitative estimate of drug-likeness (QED) is 0.805. The molecule has 106 valence electrons. The third-order valence-electron chi connectivity index (χ3n) is 2.78. The van der Waals surface area contributed by atoms with Crippen LogP contribution in [-0.2, 0) is 9.59 Å². The summed E-state index contributed by atoms with van der Waals surface area (Å²) in [6.07, 6.45) is 8.29. The summed E-state index contributed by atoms with van der Waals surface area (Å²) < 4.78 is 0. The molecule has 0 aromatic carbocycles. The van der Waals surface area contributed by atoms with Crippen LogP contribution < -0.4 is 0 Å². The minimum absolute atomic E-state index is 0. The molecule has 2 heterocycles. The van der Waals surface area contributed by atoms with Crippen molar-refractivity contribution in [2.45, 2.75) is 6.04 Å². The fourth-order valence-corrected chi connectivity index (χ4v) is 1.85. The van der Waals surface area contributed by atoms with Crippen LogP contribution in [-0.4, -0.2) is 44.6 Å². The Hall–Kier alpha value is -2.15. The number of nitrogens with zero attached hydrogens (tertiary/aromatic N) is 2. The van der Waals surface area contributed by atoms with E-state index in [0.717, 1.165) is 11.1 Å². The number of allylic oxidation sites excluding steroid dienone is 2. The van der Waals surface area contributed by atoms with Gasteiger partial charge in [-0.15, -0.1) is 17.0 Å². The molecule has 0 atom stereocenters. The zero-order valence-corrected chi connectivity index (χ0v) is 12.1. The minimum atomic E-state index is -1.56. The number of pyridine rings is 1. The van der Waals surface area contributed by atoms with E-state index < -0.39 is 18.0 Å². The first-order valence-corrected chi connectivity index (χ1v) is 5.59. The average Bonchev–Trinajstić information content (AvgIpc) is 2.40. The zero-order valence-electron chi connectivity index (χ0n) is 10.3. The van der Waals surface area contributed by atoms with Gasteiger partial charge in [0.15, 0.2) is 0 Å². The van der Waals surface area contributed by atoms with Crippen molar-refractivity contribution in [3.05, 3.63) is 48.4 Å². The number of carboxylic acid groups (broad SMARTS) is 2. The lowest BCUT2D eigenvalue weighted by Crippen LogP contribution is -2.44. The fraction of sp³-hybridized carbons (Fsp3) is 0.154. The molecule has 0 aliphatic carbocycles. The SMILES string of the molecule is Br.O=C(O)C(C(=O)O)N1C=CC(c2ccncc2)=CC1. The van der Waals surface area contributed by atoms with Gasteiger partial charge in [-0.3, -0.25) is 4.98 Å². The molecular formula is C13H13BrN2O4. The van der Waals surface area contributed by atoms with Gasteiger partial charge < -0.3 is 15.1 Å². The number of hydrogen-bond donors (Lipinski definition) is 2. The molecule has 0 bridgehead atoms. The smallest absolute Gasteiger partial charge is 0.338 e. The van der Waals surface area contributed by atoms with Crippen molar-refractivity contribution in [3.63, 3.8) is 0 Å². The highest BCUT2D eigenvalue weighted by molar-refractivity contribution is 8.93. The van der Waals surface area contributed by atoms with Gasteiger partial charge in [-0.1, -0.05) is 6.08 Å². The number of aliphatic carboxylic acids is 2. The van der Waals surface area contributed by atoms with E-state index in [2.05, 4.69) is 4.98 Å². The molecule has 0 saturated carbocycles. The van der Waals surface area contributed by atoms with E-state index in [1.807, 2.05) is 12.1 Å². The lowest BCUT2D eigenvalue weighted by Gasteiger charge is -2.26. The number of hydrogen-bond acceptors (Lipinski definition) is 4. The molecule has 2 rings (SSSR count). The van der Waals surface area contributed by atoms with E-state index in [-0.39, 0.29) is 23.5 Å². The maximum Gasteiger partial charge on any atom is 0.338 e. The number of carboxylic acids is 2. The molecule has 0 fully saturated rings. The van der Waals surface area contributed by atoms with E-state index in [1.54, 1.807) is 24.5 Å². The molecule has 1 aromatic heterocycles. The van der Waals surface area contributed by atoms with Crippen molar-refractivity contribution in [1.82, 2.24) is 9.88 Å². The topological polar surface area (TPSA) is 90.7 Å². The van der Waals surface area contributed by atoms with Gasteiger partial charge in [0.25, 0.3) is 0 Å². The molecule has 2 N–H and O–H groups in total. The van der Waals surface area contributed by atoms with E-state index in [0.29, 0.717) is 0 Å². The predicted octanol–water partition coefficient (Wildman–Crippen LogP) is 1.41. The Morgan fingerprint density at radius 2 is 1.80 bits per heavy atom. The van der Waals surface area contributed by atoms with Gasteiger partial charge in [0.2, 0.25) is 6.04 Å². The van der Waals surface area contributed by atoms with E-state index >= 15 is 0 Å². The van der Waals surface area contributed by atoms with Gasteiger partial charge in [0.1, 0.15) is 0 Å². The molecule has 20 heavy (non-hydrogen) atoms. The third kappa shape index (κ3) is 3.45. The third-order valence-corrected chi connectivity index (χ3v) is 2.78. The summed E-state index contributed by atoms with van der Waals surface area (Å²) >= 11 is 0. The highest BCUT2D eigenvalue weighted by Gasteiger charge is 2.31. The predicted molar refractivity (Wildman–Crippen MR) is 77.4 cm³/mol. The average molecular weight is 341 g/mol. The number of carbonyl (C=O) groups is 2. The van der Waals surface area contributed by atoms with E-state index in [1.165, 1.54) is 11.1 Å². The first kappa shape index (κ1) is 15.9. The Morgan fingerprint density at radius 1 is 1.20 bits per heavy atom. The highest BCUT2D eigenvalue weighted by atomic mass is 79.9. The van der Waals surface area contributed by atoms with Crippen LogP contribution in [0.25, 0.3) is 5.57 Å². The van der Waals surface area contributed by atoms with Crippen LogP contribution in [0.2, 0.25) is 0 Å². The van der Waals surface area contributed by atoms with Crippen LogP contribution in [0.1, 0.15) is 5.56 Å². The van der Waals surface area contributed by atoms with Crippen LogP contribution >= 0.6 is 17.0 Å². The summed E-state index contributed by atoms with van der Waals surface area (Å²) in [6, 6.07) is 2.10. The molecule has 0 spiro atoms. The zero-order chi connectivity index (χ0) is 13.8. The Bertz CT molecular complexity index is 543. The van der Waals surface area contributed by atoms with Crippen LogP contribution in [0.15, 0.2) is 42.9 Å². The molecule has 1 aliphatic heterocycles. The Labute approximate surface area is 125 Å². The van der Waals surface area contributed by atoms with Gasteiger partial charge in [-0.25, -0.2) is 9.59 Å².